The maximum atomic E-state index is 12.0. The minimum atomic E-state index is 0.314. The topological polar surface area (TPSA) is 23.6 Å². The molecule has 0 aliphatic carbocycles. The van der Waals surface area contributed by atoms with Crippen molar-refractivity contribution in [1.29, 1.82) is 0 Å². The van der Waals surface area contributed by atoms with Crippen LogP contribution in [-0.2, 0) is 4.79 Å². The highest BCUT2D eigenvalue weighted by molar-refractivity contribution is 5.81. The molecule has 1 amide bonds. The van der Waals surface area contributed by atoms with Gasteiger partial charge in [-0.05, 0) is 43.6 Å². The molecule has 17 heavy (non-hydrogen) atoms. The van der Waals surface area contributed by atoms with Crippen LogP contribution in [0.2, 0.25) is 0 Å². The maximum absolute atomic E-state index is 12.0. The van der Waals surface area contributed by atoms with Gasteiger partial charge in [-0.25, -0.2) is 0 Å². The zero-order valence-electron chi connectivity index (χ0n) is 11.1. The quantitative estimate of drug-likeness (QED) is 0.740. The number of carbonyl (C=O) groups excluding carboxylic acids is 1. The molecule has 3 saturated heterocycles. The van der Waals surface area contributed by atoms with E-state index in [2.05, 4.69) is 11.8 Å². The second kappa shape index (κ2) is 4.27. The summed E-state index contributed by atoms with van der Waals surface area (Å²) >= 11 is 0. The van der Waals surface area contributed by atoms with Gasteiger partial charge in [-0.3, -0.25) is 4.79 Å². The van der Waals surface area contributed by atoms with Gasteiger partial charge in [0.15, 0.2) is 0 Å². The first-order valence-corrected chi connectivity index (χ1v) is 7.16. The van der Waals surface area contributed by atoms with Crippen LogP contribution < -0.4 is 0 Å². The first-order chi connectivity index (χ1) is 8.19. The molecule has 0 aromatic rings. The van der Waals surface area contributed by atoms with Crippen LogP contribution >= 0.6 is 0 Å². The minimum absolute atomic E-state index is 0.314. The largest absolute Gasteiger partial charge is 0.345 e. The van der Waals surface area contributed by atoms with Crippen LogP contribution in [0.5, 0.6) is 0 Å². The van der Waals surface area contributed by atoms with Crippen molar-refractivity contribution >= 4 is 5.91 Å². The predicted octanol–water partition coefficient (Wildman–Crippen LogP) is 1.44. The van der Waals surface area contributed by atoms with E-state index in [0.29, 0.717) is 17.7 Å². The Kier molecular flexibility index (Phi) is 2.89. The molecular weight excluding hydrogens is 212 g/mol. The Bertz CT molecular complexity index is 317. The third-order valence-corrected chi connectivity index (χ3v) is 5.28. The Morgan fingerprint density at radius 2 is 2.06 bits per heavy atom. The van der Waals surface area contributed by atoms with Gasteiger partial charge in [-0.15, -0.1) is 0 Å². The number of amides is 1. The van der Waals surface area contributed by atoms with Crippen LogP contribution in [0.15, 0.2) is 0 Å². The Hall–Kier alpha value is -0.570. The van der Waals surface area contributed by atoms with Crippen LogP contribution in [0.1, 0.15) is 26.2 Å². The third-order valence-electron chi connectivity index (χ3n) is 5.28. The summed E-state index contributed by atoms with van der Waals surface area (Å²) in [5.41, 5.74) is 0. The van der Waals surface area contributed by atoms with Crippen molar-refractivity contribution in [2.24, 2.45) is 23.7 Å². The van der Waals surface area contributed by atoms with E-state index < -0.39 is 0 Å². The number of piperidine rings is 1. The molecule has 3 aliphatic heterocycles. The number of hydrogen-bond acceptors (Lipinski definition) is 2. The van der Waals surface area contributed by atoms with Gasteiger partial charge < -0.3 is 9.80 Å². The number of carbonyl (C=O) groups is 1. The molecule has 5 atom stereocenters. The van der Waals surface area contributed by atoms with E-state index in [9.17, 15) is 4.79 Å². The lowest BCUT2D eigenvalue weighted by Gasteiger charge is -2.26. The van der Waals surface area contributed by atoms with E-state index >= 15 is 0 Å². The minimum Gasteiger partial charge on any atom is -0.345 e. The fourth-order valence-electron chi connectivity index (χ4n) is 4.35. The molecule has 3 heteroatoms. The van der Waals surface area contributed by atoms with Crippen molar-refractivity contribution in [3.05, 3.63) is 0 Å². The zero-order valence-corrected chi connectivity index (χ0v) is 11.1. The number of rotatable bonds is 3. The van der Waals surface area contributed by atoms with Crippen LogP contribution in [0, 0.1) is 23.7 Å². The average Bonchev–Trinajstić information content (AvgIpc) is 2.96. The van der Waals surface area contributed by atoms with E-state index in [1.54, 1.807) is 0 Å². The van der Waals surface area contributed by atoms with Crippen molar-refractivity contribution in [1.82, 2.24) is 9.80 Å². The van der Waals surface area contributed by atoms with Crippen LogP contribution in [0.25, 0.3) is 0 Å². The Balaban J connectivity index is 1.63. The van der Waals surface area contributed by atoms with Gasteiger partial charge in [0, 0.05) is 32.6 Å². The third kappa shape index (κ3) is 1.88. The molecular formula is C14H24N2O. The SMILES string of the molecule is CCC1C(=O)N(C)CC1CC1CN2CCC1C2. The van der Waals surface area contributed by atoms with Crippen molar-refractivity contribution in [3.63, 3.8) is 0 Å². The van der Waals surface area contributed by atoms with E-state index in [1.807, 2.05) is 11.9 Å². The number of nitrogens with zero attached hydrogens (tertiary/aromatic N) is 2. The predicted molar refractivity (Wildman–Crippen MR) is 67.6 cm³/mol. The summed E-state index contributed by atoms with van der Waals surface area (Å²) in [5.74, 6) is 3.15. The van der Waals surface area contributed by atoms with Gasteiger partial charge >= 0.3 is 0 Å². The van der Waals surface area contributed by atoms with Crippen LogP contribution in [0.4, 0.5) is 0 Å². The van der Waals surface area contributed by atoms with Crippen LogP contribution in [0.3, 0.4) is 0 Å². The fourth-order valence-corrected chi connectivity index (χ4v) is 4.35. The molecule has 0 spiro atoms. The Morgan fingerprint density at radius 3 is 2.65 bits per heavy atom. The van der Waals surface area contributed by atoms with E-state index in [0.717, 1.165) is 24.8 Å². The summed E-state index contributed by atoms with van der Waals surface area (Å²) < 4.78 is 0. The van der Waals surface area contributed by atoms with Gasteiger partial charge in [0.2, 0.25) is 5.91 Å². The summed E-state index contributed by atoms with van der Waals surface area (Å²) in [6.45, 7) is 7.12. The molecule has 3 heterocycles. The second-order valence-corrected chi connectivity index (χ2v) is 6.30. The molecule has 3 nitrogen and oxygen atoms in total. The molecule has 0 aromatic carbocycles. The monoisotopic (exact) mass is 236 g/mol. The normalized spacial score (nSPS) is 44.9. The van der Waals surface area contributed by atoms with Crippen molar-refractivity contribution in [2.75, 3.05) is 33.2 Å². The van der Waals surface area contributed by atoms with Gasteiger partial charge in [0.25, 0.3) is 0 Å². The number of hydrogen-bond donors (Lipinski definition) is 0. The lowest BCUT2D eigenvalue weighted by atomic mass is 9.80. The number of likely N-dealkylation sites (tertiary alicyclic amines) is 1. The molecule has 3 fully saturated rings. The highest BCUT2D eigenvalue weighted by Crippen LogP contribution is 2.40. The second-order valence-electron chi connectivity index (χ2n) is 6.30. The molecule has 0 radical (unpaired) electrons. The summed E-state index contributed by atoms with van der Waals surface area (Å²) in [7, 11) is 1.97. The summed E-state index contributed by atoms with van der Waals surface area (Å²) in [6.07, 6.45) is 3.71. The van der Waals surface area contributed by atoms with Gasteiger partial charge in [-0.1, -0.05) is 6.92 Å². The van der Waals surface area contributed by atoms with E-state index in [4.69, 9.17) is 0 Å². The fraction of sp³-hybridized carbons (Fsp3) is 0.929. The average molecular weight is 236 g/mol. The molecule has 3 rings (SSSR count). The molecule has 5 unspecified atom stereocenters. The lowest BCUT2D eigenvalue weighted by Crippen LogP contribution is -2.27. The molecule has 2 bridgehead atoms. The Morgan fingerprint density at radius 1 is 1.24 bits per heavy atom. The lowest BCUT2D eigenvalue weighted by molar-refractivity contribution is -0.130. The van der Waals surface area contributed by atoms with E-state index in [1.165, 1.54) is 32.5 Å². The maximum Gasteiger partial charge on any atom is 0.225 e. The van der Waals surface area contributed by atoms with Gasteiger partial charge in [0.05, 0.1) is 0 Å². The van der Waals surface area contributed by atoms with Gasteiger partial charge in [0.1, 0.15) is 0 Å². The first kappa shape index (κ1) is 11.5. The molecule has 96 valence electrons. The van der Waals surface area contributed by atoms with Crippen molar-refractivity contribution < 1.29 is 4.79 Å². The summed E-state index contributed by atoms with van der Waals surface area (Å²) in [4.78, 5) is 16.6. The molecule has 0 saturated carbocycles. The molecule has 0 aromatic heterocycles. The smallest absolute Gasteiger partial charge is 0.225 e. The molecule has 0 N–H and O–H groups in total. The zero-order chi connectivity index (χ0) is 12.0. The van der Waals surface area contributed by atoms with Crippen LogP contribution in [-0.4, -0.2) is 48.9 Å². The first-order valence-electron chi connectivity index (χ1n) is 7.16. The molecule has 3 aliphatic rings. The Labute approximate surface area is 104 Å². The highest BCUT2D eigenvalue weighted by atomic mass is 16.2. The number of fused-ring (bicyclic) bond motifs is 2. The van der Waals surface area contributed by atoms with Crippen molar-refractivity contribution in [2.45, 2.75) is 26.2 Å². The summed E-state index contributed by atoms with van der Waals surface area (Å²) in [6, 6.07) is 0. The highest BCUT2D eigenvalue weighted by Gasteiger charge is 2.43. The van der Waals surface area contributed by atoms with E-state index in [-0.39, 0.29) is 0 Å². The summed E-state index contributed by atoms with van der Waals surface area (Å²) in [5, 5.41) is 0. The van der Waals surface area contributed by atoms with Gasteiger partial charge in [-0.2, -0.15) is 0 Å². The van der Waals surface area contributed by atoms with Crippen molar-refractivity contribution in [3.8, 4) is 0 Å². The standard InChI is InChI=1S/C14H24N2O/c1-3-13-12(7-15(2)14(13)17)6-11-9-16-5-4-10(11)8-16/h10-13H,3-9H2,1-2H3.